The number of nitrogens with two attached hydrogens (primary N) is 1. The molecule has 2 amide bonds. The second-order valence-corrected chi connectivity index (χ2v) is 6.81. The number of benzene rings is 1. The zero-order chi connectivity index (χ0) is 20.1. The summed E-state index contributed by atoms with van der Waals surface area (Å²) in [6, 6.07) is 5.35. The van der Waals surface area contributed by atoms with Crippen molar-refractivity contribution in [1.82, 2.24) is 14.9 Å². The van der Waals surface area contributed by atoms with Gasteiger partial charge in [0.15, 0.2) is 11.0 Å². The molecule has 0 saturated carbocycles. The van der Waals surface area contributed by atoms with Gasteiger partial charge in [-0.15, -0.1) is 0 Å². The Bertz CT molecular complexity index is 945. The van der Waals surface area contributed by atoms with Gasteiger partial charge in [0.05, 0.1) is 24.5 Å². The number of aromatic amines is 1. The second kappa shape index (κ2) is 8.85. The van der Waals surface area contributed by atoms with Crippen molar-refractivity contribution in [2.45, 2.75) is 5.16 Å². The highest BCUT2D eigenvalue weighted by Crippen LogP contribution is 2.18. The quantitative estimate of drug-likeness (QED) is 0.491. The summed E-state index contributed by atoms with van der Waals surface area (Å²) in [4.78, 5) is 44.7. The van der Waals surface area contributed by atoms with Gasteiger partial charge in [-0.05, 0) is 12.1 Å². The van der Waals surface area contributed by atoms with Gasteiger partial charge in [0.1, 0.15) is 11.5 Å². The van der Waals surface area contributed by atoms with Gasteiger partial charge in [0.2, 0.25) is 5.91 Å². The van der Waals surface area contributed by atoms with Crippen LogP contribution in [-0.4, -0.2) is 58.7 Å². The third-order valence-corrected chi connectivity index (χ3v) is 4.84. The molecule has 0 atom stereocenters. The molecule has 1 aromatic heterocycles. The molecular weight excluding hydrogens is 389 g/mol. The molecular formula is C17H18FN5O4S. The van der Waals surface area contributed by atoms with Crippen LogP contribution in [0.25, 0.3) is 0 Å². The first-order valence-electron chi connectivity index (χ1n) is 8.39. The van der Waals surface area contributed by atoms with Crippen LogP contribution in [-0.2, 0) is 9.53 Å². The van der Waals surface area contributed by atoms with E-state index in [1.165, 1.54) is 18.2 Å². The van der Waals surface area contributed by atoms with E-state index < -0.39 is 17.3 Å². The van der Waals surface area contributed by atoms with Crippen LogP contribution in [0.3, 0.4) is 0 Å². The van der Waals surface area contributed by atoms with Gasteiger partial charge >= 0.3 is 0 Å². The minimum absolute atomic E-state index is 0.0727. The lowest BCUT2D eigenvalue weighted by molar-refractivity contribution is -0.132. The molecule has 1 aromatic carbocycles. The molecule has 2 heterocycles. The van der Waals surface area contributed by atoms with E-state index in [4.69, 9.17) is 10.5 Å². The van der Waals surface area contributed by atoms with Crippen molar-refractivity contribution < 1.29 is 18.7 Å². The minimum atomic E-state index is -0.819. The highest BCUT2D eigenvalue weighted by Gasteiger charge is 2.19. The molecule has 0 spiro atoms. The predicted molar refractivity (Wildman–Crippen MR) is 102 cm³/mol. The maximum atomic E-state index is 13.7. The SMILES string of the molecule is Nc1nc(SCC(=O)N2CCOCC2)[nH]c(=O)c1NC(=O)c1ccccc1F. The maximum absolute atomic E-state index is 13.7. The molecule has 11 heteroatoms. The summed E-state index contributed by atoms with van der Waals surface area (Å²) in [6.45, 7) is 2.03. The molecule has 0 aliphatic carbocycles. The molecule has 4 N–H and O–H groups in total. The molecule has 9 nitrogen and oxygen atoms in total. The van der Waals surface area contributed by atoms with Crippen LogP contribution in [0.4, 0.5) is 15.9 Å². The van der Waals surface area contributed by atoms with Gasteiger partial charge in [-0.2, -0.15) is 0 Å². The summed E-state index contributed by atoms with van der Waals surface area (Å²) in [6.07, 6.45) is 0. The van der Waals surface area contributed by atoms with Crippen molar-refractivity contribution >= 4 is 35.1 Å². The Morgan fingerprint density at radius 1 is 1.32 bits per heavy atom. The van der Waals surface area contributed by atoms with E-state index in [-0.39, 0.29) is 33.9 Å². The monoisotopic (exact) mass is 407 g/mol. The van der Waals surface area contributed by atoms with Gasteiger partial charge < -0.3 is 20.7 Å². The van der Waals surface area contributed by atoms with Crippen LogP contribution < -0.4 is 16.6 Å². The maximum Gasteiger partial charge on any atom is 0.277 e. The molecule has 1 fully saturated rings. The number of nitrogens with one attached hydrogen (secondary N) is 2. The number of H-pyrrole nitrogens is 1. The van der Waals surface area contributed by atoms with Crippen LogP contribution in [0.15, 0.2) is 34.2 Å². The third-order valence-electron chi connectivity index (χ3n) is 3.98. The van der Waals surface area contributed by atoms with Crippen LogP contribution >= 0.6 is 11.8 Å². The first-order valence-corrected chi connectivity index (χ1v) is 9.38. The highest BCUT2D eigenvalue weighted by atomic mass is 32.2. The van der Waals surface area contributed by atoms with Crippen LogP contribution in [0.5, 0.6) is 0 Å². The number of hydrogen-bond donors (Lipinski definition) is 3. The Labute approximate surface area is 163 Å². The summed E-state index contributed by atoms with van der Waals surface area (Å²) in [7, 11) is 0. The van der Waals surface area contributed by atoms with Crippen molar-refractivity contribution in [2.75, 3.05) is 43.1 Å². The van der Waals surface area contributed by atoms with E-state index in [1.807, 2.05) is 0 Å². The second-order valence-electron chi connectivity index (χ2n) is 5.85. The first kappa shape index (κ1) is 19.8. The molecule has 148 valence electrons. The third kappa shape index (κ3) is 4.67. The largest absolute Gasteiger partial charge is 0.382 e. The fourth-order valence-electron chi connectivity index (χ4n) is 2.52. The van der Waals surface area contributed by atoms with Gasteiger partial charge in [-0.1, -0.05) is 23.9 Å². The molecule has 2 aromatic rings. The van der Waals surface area contributed by atoms with Crippen LogP contribution in [0.1, 0.15) is 10.4 Å². The number of thioether (sulfide) groups is 1. The van der Waals surface area contributed by atoms with Gasteiger partial charge in [-0.3, -0.25) is 19.4 Å². The fourth-order valence-corrected chi connectivity index (χ4v) is 3.29. The van der Waals surface area contributed by atoms with E-state index >= 15 is 0 Å². The average Bonchev–Trinajstić information content (AvgIpc) is 2.69. The molecule has 0 radical (unpaired) electrons. The molecule has 1 saturated heterocycles. The number of ether oxygens (including phenoxy) is 1. The van der Waals surface area contributed by atoms with E-state index in [2.05, 4.69) is 15.3 Å². The molecule has 1 aliphatic heterocycles. The molecule has 0 bridgehead atoms. The van der Waals surface area contributed by atoms with Crippen molar-refractivity contribution in [1.29, 1.82) is 0 Å². The van der Waals surface area contributed by atoms with Gasteiger partial charge in [0.25, 0.3) is 11.5 Å². The highest BCUT2D eigenvalue weighted by molar-refractivity contribution is 7.99. The average molecular weight is 407 g/mol. The lowest BCUT2D eigenvalue weighted by atomic mass is 10.2. The standard InChI is InChI=1S/C17H18FN5O4S/c18-11-4-2-1-3-10(11)15(25)20-13-14(19)21-17(22-16(13)26)28-9-12(24)23-5-7-27-8-6-23/h1-4H,5-9H2,(H,20,25)(H3,19,21,22,26). The summed E-state index contributed by atoms with van der Waals surface area (Å²) in [5.74, 6) is -1.80. The Balaban J connectivity index is 1.67. The Hall–Kier alpha value is -2.92. The number of carbonyl (C=O) groups is 2. The number of aromatic nitrogens is 2. The van der Waals surface area contributed by atoms with Crippen molar-refractivity contribution in [3.63, 3.8) is 0 Å². The van der Waals surface area contributed by atoms with Gasteiger partial charge in [-0.25, -0.2) is 9.37 Å². The Kier molecular flexibility index (Phi) is 6.26. The van der Waals surface area contributed by atoms with E-state index in [9.17, 15) is 18.8 Å². The molecule has 0 unspecified atom stereocenters. The van der Waals surface area contributed by atoms with E-state index in [0.717, 1.165) is 17.8 Å². The lowest BCUT2D eigenvalue weighted by Gasteiger charge is -2.26. The van der Waals surface area contributed by atoms with E-state index in [1.54, 1.807) is 4.90 Å². The zero-order valence-electron chi connectivity index (χ0n) is 14.7. The van der Waals surface area contributed by atoms with Gasteiger partial charge in [0, 0.05) is 13.1 Å². The lowest BCUT2D eigenvalue weighted by Crippen LogP contribution is -2.41. The summed E-state index contributed by atoms with van der Waals surface area (Å²) >= 11 is 1.03. The van der Waals surface area contributed by atoms with Crippen molar-refractivity contribution in [3.05, 3.63) is 46.0 Å². The van der Waals surface area contributed by atoms with Crippen LogP contribution in [0.2, 0.25) is 0 Å². The fraction of sp³-hybridized carbons (Fsp3) is 0.294. The molecule has 1 aliphatic rings. The topological polar surface area (TPSA) is 130 Å². The van der Waals surface area contributed by atoms with Crippen molar-refractivity contribution in [2.24, 2.45) is 0 Å². The smallest absolute Gasteiger partial charge is 0.277 e. The summed E-state index contributed by atoms with van der Waals surface area (Å²) in [5.41, 5.74) is 4.57. The number of anilines is 2. The number of carbonyl (C=O) groups excluding carboxylic acids is 2. The minimum Gasteiger partial charge on any atom is -0.382 e. The number of morpholine rings is 1. The number of rotatable bonds is 5. The first-order chi connectivity index (χ1) is 13.5. The van der Waals surface area contributed by atoms with Crippen molar-refractivity contribution in [3.8, 4) is 0 Å². The normalized spacial score (nSPS) is 14.0. The number of hydrogen-bond acceptors (Lipinski definition) is 7. The number of nitrogens with zero attached hydrogens (tertiary/aromatic N) is 2. The summed E-state index contributed by atoms with van der Waals surface area (Å²) < 4.78 is 18.9. The zero-order valence-corrected chi connectivity index (χ0v) is 15.6. The molecule has 3 rings (SSSR count). The van der Waals surface area contributed by atoms with Crippen LogP contribution in [0, 0.1) is 5.82 Å². The number of nitrogen functional groups attached to an aromatic ring is 1. The summed E-state index contributed by atoms with van der Waals surface area (Å²) in [5, 5.41) is 2.42. The Morgan fingerprint density at radius 3 is 2.71 bits per heavy atom. The number of amides is 2. The Morgan fingerprint density at radius 2 is 2.04 bits per heavy atom. The number of halogens is 1. The predicted octanol–water partition coefficient (Wildman–Crippen LogP) is 0.694. The molecule has 28 heavy (non-hydrogen) atoms. The van der Waals surface area contributed by atoms with E-state index in [0.29, 0.717) is 26.3 Å².